The monoisotopic (exact) mass is 290 g/mol. The van der Waals surface area contributed by atoms with Crippen molar-refractivity contribution in [1.82, 2.24) is 0 Å². The number of aliphatic hydroxyl groups is 1. The Hall–Kier alpha value is -0.0400. The van der Waals surface area contributed by atoms with E-state index in [0.29, 0.717) is 22.2 Å². The van der Waals surface area contributed by atoms with Gasteiger partial charge in [-0.1, -0.05) is 27.2 Å². The predicted octanol–water partition coefficient (Wildman–Crippen LogP) is 5.17. The van der Waals surface area contributed by atoms with Crippen molar-refractivity contribution in [2.45, 2.75) is 91.1 Å². The van der Waals surface area contributed by atoms with Crippen LogP contribution in [0.25, 0.3) is 0 Å². The fourth-order valence-corrected chi connectivity index (χ4v) is 8.12. The van der Waals surface area contributed by atoms with Crippen molar-refractivity contribution in [3.63, 3.8) is 0 Å². The summed E-state index contributed by atoms with van der Waals surface area (Å²) in [5, 5.41) is 10.9. The van der Waals surface area contributed by atoms with Crippen LogP contribution in [0.5, 0.6) is 0 Å². The van der Waals surface area contributed by atoms with Crippen molar-refractivity contribution in [2.24, 2.45) is 34.0 Å². The van der Waals surface area contributed by atoms with Gasteiger partial charge in [0.1, 0.15) is 0 Å². The first-order valence-corrected chi connectivity index (χ1v) is 9.42. The molecular weight excluding hydrogens is 256 g/mol. The Balaban J connectivity index is 1.73. The van der Waals surface area contributed by atoms with Crippen molar-refractivity contribution < 1.29 is 5.11 Å². The van der Waals surface area contributed by atoms with Crippen molar-refractivity contribution in [2.75, 3.05) is 0 Å². The van der Waals surface area contributed by atoms with E-state index in [1.165, 1.54) is 51.4 Å². The molecule has 0 aromatic heterocycles. The van der Waals surface area contributed by atoms with Crippen LogP contribution in [0.15, 0.2) is 0 Å². The third kappa shape index (κ3) is 1.79. The molecule has 4 rings (SSSR count). The summed E-state index contributed by atoms with van der Waals surface area (Å²) in [4.78, 5) is 0. The summed E-state index contributed by atoms with van der Waals surface area (Å²) < 4.78 is 0. The molecule has 0 heterocycles. The Bertz CT molecular complexity index is 451. The first-order chi connectivity index (χ1) is 9.70. The lowest BCUT2D eigenvalue weighted by Gasteiger charge is -2.64. The molecule has 6 atom stereocenters. The normalized spacial score (nSPS) is 58.4. The van der Waals surface area contributed by atoms with E-state index in [2.05, 4.69) is 27.7 Å². The first-order valence-electron chi connectivity index (χ1n) is 9.42. The van der Waals surface area contributed by atoms with Gasteiger partial charge in [-0.3, -0.25) is 0 Å². The van der Waals surface area contributed by atoms with Gasteiger partial charge >= 0.3 is 0 Å². The van der Waals surface area contributed by atoms with Crippen LogP contribution in [0.1, 0.15) is 85.5 Å². The molecule has 0 aromatic carbocycles. The van der Waals surface area contributed by atoms with Crippen LogP contribution in [-0.2, 0) is 0 Å². The van der Waals surface area contributed by atoms with Gasteiger partial charge in [-0.05, 0) is 92.3 Å². The average Bonchev–Trinajstić information content (AvgIpc) is 2.53. The average molecular weight is 290 g/mol. The lowest BCUT2D eigenvalue weighted by molar-refractivity contribution is -0.145. The number of fused-ring (bicyclic) bond motifs is 3. The second kappa shape index (κ2) is 4.08. The largest absolute Gasteiger partial charge is 0.390 e. The van der Waals surface area contributed by atoms with Crippen molar-refractivity contribution >= 4 is 0 Å². The smallest absolute Gasteiger partial charge is 0.0653 e. The molecule has 4 aliphatic carbocycles. The highest BCUT2D eigenvalue weighted by molar-refractivity contribution is 5.15. The van der Waals surface area contributed by atoms with Crippen molar-refractivity contribution in [3.8, 4) is 0 Å². The van der Waals surface area contributed by atoms with Crippen LogP contribution in [0.2, 0.25) is 0 Å². The van der Waals surface area contributed by atoms with Crippen LogP contribution in [0.4, 0.5) is 0 Å². The topological polar surface area (TPSA) is 20.2 Å². The Labute approximate surface area is 130 Å². The third-order valence-electron chi connectivity index (χ3n) is 8.79. The molecule has 4 aliphatic rings. The highest BCUT2D eigenvalue weighted by Crippen LogP contribution is 2.72. The predicted molar refractivity (Wildman–Crippen MR) is 87.0 cm³/mol. The molecule has 21 heavy (non-hydrogen) atoms. The highest BCUT2D eigenvalue weighted by atomic mass is 16.3. The molecule has 0 amide bonds. The van der Waals surface area contributed by atoms with Gasteiger partial charge in [0.25, 0.3) is 0 Å². The van der Waals surface area contributed by atoms with Gasteiger partial charge < -0.3 is 5.11 Å². The van der Waals surface area contributed by atoms with Gasteiger partial charge in [0.15, 0.2) is 0 Å². The van der Waals surface area contributed by atoms with Crippen LogP contribution in [0.3, 0.4) is 0 Å². The van der Waals surface area contributed by atoms with E-state index in [9.17, 15) is 5.11 Å². The number of rotatable bonds is 0. The first kappa shape index (κ1) is 14.5. The summed E-state index contributed by atoms with van der Waals surface area (Å²) in [5.41, 5.74) is 1.20. The standard InChI is InChI=1S/C20H34O/c1-17(2)9-5-10-18(3)15(17)8-11-20-12-14(6-7-16(18)20)19(4,21)13-20/h14-16,21H,5-13H2,1-4H3/t14?,15-,16+,18-,19+,20+/m0/s1. The minimum absolute atomic E-state index is 0.373. The Morgan fingerprint density at radius 1 is 0.857 bits per heavy atom. The van der Waals surface area contributed by atoms with Crippen LogP contribution >= 0.6 is 0 Å². The molecule has 1 unspecified atom stereocenters. The van der Waals surface area contributed by atoms with E-state index in [-0.39, 0.29) is 5.60 Å². The molecule has 0 saturated heterocycles. The quantitative estimate of drug-likeness (QED) is 0.652. The molecule has 1 spiro atoms. The number of hydrogen-bond acceptors (Lipinski definition) is 1. The molecule has 120 valence electrons. The summed E-state index contributed by atoms with van der Waals surface area (Å²) in [6.45, 7) is 9.83. The molecule has 0 radical (unpaired) electrons. The van der Waals surface area contributed by atoms with E-state index in [4.69, 9.17) is 0 Å². The minimum Gasteiger partial charge on any atom is -0.390 e. The molecule has 2 bridgehead atoms. The van der Waals surface area contributed by atoms with Gasteiger partial charge in [-0.25, -0.2) is 0 Å². The van der Waals surface area contributed by atoms with Gasteiger partial charge in [-0.15, -0.1) is 0 Å². The molecule has 0 aromatic rings. The van der Waals surface area contributed by atoms with Crippen LogP contribution in [0, 0.1) is 34.0 Å². The lowest BCUT2D eigenvalue weighted by Crippen LogP contribution is -2.55. The van der Waals surface area contributed by atoms with Gasteiger partial charge in [0.2, 0.25) is 0 Å². The lowest BCUT2D eigenvalue weighted by atomic mass is 9.41. The molecule has 0 aliphatic heterocycles. The maximum Gasteiger partial charge on any atom is 0.0653 e. The fraction of sp³-hybridized carbons (Fsp3) is 1.00. The zero-order chi connectivity index (χ0) is 15.1. The molecule has 1 N–H and O–H groups in total. The summed E-state index contributed by atoms with van der Waals surface area (Å²) in [5.74, 6) is 2.38. The molecule has 4 fully saturated rings. The van der Waals surface area contributed by atoms with Gasteiger partial charge in [0.05, 0.1) is 5.60 Å². The molecule has 4 saturated carbocycles. The van der Waals surface area contributed by atoms with E-state index in [1.807, 2.05) is 0 Å². The second-order valence-electron chi connectivity index (χ2n) is 10.4. The Kier molecular flexibility index (Phi) is 2.82. The summed E-state index contributed by atoms with van der Waals surface area (Å²) in [7, 11) is 0. The molecular formula is C20H34O. The van der Waals surface area contributed by atoms with E-state index < -0.39 is 0 Å². The summed E-state index contributed by atoms with van der Waals surface area (Å²) in [6.07, 6.45) is 12.2. The third-order valence-corrected chi connectivity index (χ3v) is 8.79. The SMILES string of the molecule is CC1(C)CCC[C@@]2(C)[C@H]1CC[C@]13CC(CC[C@@H]12)[C@](C)(O)C3. The highest BCUT2D eigenvalue weighted by Gasteiger charge is 2.65. The van der Waals surface area contributed by atoms with Crippen molar-refractivity contribution in [1.29, 1.82) is 0 Å². The fourth-order valence-electron chi connectivity index (χ4n) is 8.12. The van der Waals surface area contributed by atoms with Crippen LogP contribution in [-0.4, -0.2) is 10.7 Å². The zero-order valence-corrected chi connectivity index (χ0v) is 14.5. The van der Waals surface area contributed by atoms with E-state index >= 15 is 0 Å². The van der Waals surface area contributed by atoms with Gasteiger partial charge in [-0.2, -0.15) is 0 Å². The van der Waals surface area contributed by atoms with Gasteiger partial charge in [0, 0.05) is 0 Å². The summed E-state index contributed by atoms with van der Waals surface area (Å²) >= 11 is 0. The van der Waals surface area contributed by atoms with E-state index in [1.54, 1.807) is 0 Å². The van der Waals surface area contributed by atoms with Crippen molar-refractivity contribution in [3.05, 3.63) is 0 Å². The van der Waals surface area contributed by atoms with E-state index in [0.717, 1.165) is 18.3 Å². The molecule has 1 heteroatoms. The minimum atomic E-state index is -0.373. The number of hydrogen-bond donors (Lipinski definition) is 1. The summed E-state index contributed by atoms with van der Waals surface area (Å²) in [6, 6.07) is 0. The van der Waals surface area contributed by atoms with Crippen LogP contribution < -0.4 is 0 Å². The zero-order valence-electron chi connectivity index (χ0n) is 14.5. The maximum atomic E-state index is 10.9. The second-order valence-corrected chi connectivity index (χ2v) is 10.4. The molecule has 1 nitrogen and oxygen atoms in total. The Morgan fingerprint density at radius 2 is 1.62 bits per heavy atom. The maximum absolute atomic E-state index is 10.9. The Morgan fingerprint density at radius 3 is 2.38 bits per heavy atom.